The summed E-state index contributed by atoms with van der Waals surface area (Å²) in [6.07, 6.45) is 3.34. The molecule has 3 rings (SSSR count). The summed E-state index contributed by atoms with van der Waals surface area (Å²) < 4.78 is 8.07. The number of aromatic nitrogens is 5. The Balaban J connectivity index is 1.97. The molecule has 2 heterocycles. The van der Waals surface area contributed by atoms with Gasteiger partial charge in [0, 0.05) is 12.4 Å². The van der Waals surface area contributed by atoms with Crippen molar-refractivity contribution in [2.45, 2.75) is 0 Å². The Morgan fingerprint density at radius 2 is 1.95 bits per heavy atom. The average molecular weight is 380 g/mol. The van der Waals surface area contributed by atoms with E-state index in [-0.39, 0.29) is 12.0 Å². The Morgan fingerprint density at radius 1 is 1.10 bits per heavy atom. The summed E-state index contributed by atoms with van der Waals surface area (Å²) in [5, 5.41) is 4.04. The van der Waals surface area contributed by atoms with Gasteiger partial charge >= 0.3 is 6.01 Å². The first kappa shape index (κ1) is 12.8. The number of ether oxygens (including phenoxy) is 1. The van der Waals surface area contributed by atoms with Gasteiger partial charge in [0.15, 0.2) is 0 Å². The summed E-state index contributed by atoms with van der Waals surface area (Å²) in [6.45, 7) is 0. The lowest BCUT2D eigenvalue weighted by Crippen LogP contribution is -2.08. The van der Waals surface area contributed by atoms with Crippen LogP contribution in [0.1, 0.15) is 0 Å². The fourth-order valence-electron chi connectivity index (χ4n) is 1.52. The van der Waals surface area contributed by atoms with E-state index in [1.165, 1.54) is 4.68 Å². The fourth-order valence-corrected chi connectivity index (χ4v) is 2.02. The van der Waals surface area contributed by atoms with Crippen LogP contribution in [0, 0.1) is 3.57 Å². The van der Waals surface area contributed by atoms with Crippen molar-refractivity contribution in [1.82, 2.24) is 24.7 Å². The predicted molar refractivity (Wildman–Crippen MR) is 80.6 cm³/mol. The third-order valence-corrected chi connectivity index (χ3v) is 3.26. The van der Waals surface area contributed by atoms with Gasteiger partial charge in [0.05, 0.1) is 3.57 Å². The molecule has 3 aromatic rings. The van der Waals surface area contributed by atoms with Gasteiger partial charge < -0.3 is 10.5 Å². The maximum atomic E-state index is 5.67. The number of hydrogen-bond donors (Lipinski definition) is 1. The molecule has 0 unspecified atom stereocenters. The summed E-state index contributed by atoms with van der Waals surface area (Å²) in [5.41, 5.74) is 5.67. The Bertz CT molecular complexity index is 731. The molecule has 0 spiro atoms. The second-order valence-corrected chi connectivity index (χ2v) is 4.92. The van der Waals surface area contributed by atoms with Crippen LogP contribution in [0.4, 0.5) is 5.95 Å². The van der Waals surface area contributed by atoms with E-state index in [0.717, 1.165) is 3.57 Å². The highest BCUT2D eigenvalue weighted by Crippen LogP contribution is 2.24. The number of rotatable bonds is 3. The molecule has 100 valence electrons. The average Bonchev–Trinajstić information content (AvgIpc) is 2.95. The summed E-state index contributed by atoms with van der Waals surface area (Å²) in [5.74, 6) is 1.04. The molecule has 0 bridgehead atoms. The SMILES string of the molecule is Nc1nc(Oc2ccccc2I)nc(-n2cccn2)n1. The maximum absolute atomic E-state index is 5.67. The minimum Gasteiger partial charge on any atom is -0.423 e. The summed E-state index contributed by atoms with van der Waals surface area (Å²) >= 11 is 2.17. The largest absolute Gasteiger partial charge is 0.423 e. The normalized spacial score (nSPS) is 10.4. The molecule has 20 heavy (non-hydrogen) atoms. The number of nitrogens with two attached hydrogens (primary N) is 1. The number of halogens is 1. The predicted octanol–water partition coefficient (Wildman–Crippen LogP) is 2.04. The molecule has 8 heteroatoms. The Kier molecular flexibility index (Phi) is 3.46. The van der Waals surface area contributed by atoms with Gasteiger partial charge in [-0.2, -0.15) is 20.1 Å². The van der Waals surface area contributed by atoms with E-state index in [0.29, 0.717) is 11.7 Å². The van der Waals surface area contributed by atoms with E-state index < -0.39 is 0 Å². The third kappa shape index (κ3) is 2.69. The quantitative estimate of drug-likeness (QED) is 0.700. The molecular formula is C12H9IN6O. The lowest BCUT2D eigenvalue weighted by molar-refractivity contribution is 0.435. The van der Waals surface area contributed by atoms with Crippen LogP contribution in [0.5, 0.6) is 11.8 Å². The van der Waals surface area contributed by atoms with Gasteiger partial charge in [0.2, 0.25) is 5.95 Å². The highest BCUT2D eigenvalue weighted by Gasteiger charge is 2.09. The second kappa shape index (κ2) is 5.41. The maximum Gasteiger partial charge on any atom is 0.328 e. The minimum absolute atomic E-state index is 0.0754. The van der Waals surface area contributed by atoms with Crippen molar-refractivity contribution in [3.8, 4) is 17.7 Å². The molecule has 2 aromatic heterocycles. The highest BCUT2D eigenvalue weighted by molar-refractivity contribution is 14.1. The van der Waals surface area contributed by atoms with Crippen LogP contribution >= 0.6 is 22.6 Å². The first-order valence-corrected chi connectivity index (χ1v) is 6.74. The molecule has 0 aliphatic carbocycles. The standard InChI is InChI=1S/C12H9IN6O/c13-8-4-1-2-5-9(8)20-12-17-10(14)16-11(18-12)19-7-3-6-15-19/h1-7H,(H2,14,16,17,18). The van der Waals surface area contributed by atoms with Gasteiger partial charge in [-0.3, -0.25) is 0 Å². The van der Waals surface area contributed by atoms with Gasteiger partial charge in [0.1, 0.15) is 5.75 Å². The van der Waals surface area contributed by atoms with Crippen molar-refractivity contribution >= 4 is 28.5 Å². The van der Waals surface area contributed by atoms with Crippen molar-refractivity contribution in [3.05, 3.63) is 46.3 Å². The van der Waals surface area contributed by atoms with E-state index >= 15 is 0 Å². The first-order chi connectivity index (χ1) is 9.72. The molecular weight excluding hydrogens is 371 g/mol. The van der Waals surface area contributed by atoms with Crippen molar-refractivity contribution in [1.29, 1.82) is 0 Å². The summed E-state index contributed by atoms with van der Waals surface area (Å²) in [6, 6.07) is 9.44. The zero-order valence-corrected chi connectivity index (χ0v) is 12.3. The van der Waals surface area contributed by atoms with E-state index in [2.05, 4.69) is 42.6 Å². The van der Waals surface area contributed by atoms with E-state index in [4.69, 9.17) is 10.5 Å². The van der Waals surface area contributed by atoms with E-state index in [9.17, 15) is 0 Å². The van der Waals surface area contributed by atoms with Crippen molar-refractivity contribution in [2.24, 2.45) is 0 Å². The Morgan fingerprint density at radius 3 is 2.70 bits per heavy atom. The van der Waals surface area contributed by atoms with Crippen LogP contribution < -0.4 is 10.5 Å². The molecule has 0 aliphatic rings. The topological polar surface area (TPSA) is 91.7 Å². The summed E-state index contributed by atoms with van der Waals surface area (Å²) in [4.78, 5) is 12.2. The molecule has 0 saturated heterocycles. The number of anilines is 1. The Hall–Kier alpha value is -2.23. The zero-order chi connectivity index (χ0) is 13.9. The minimum atomic E-state index is 0.0754. The number of benzene rings is 1. The molecule has 0 fully saturated rings. The number of hydrogen-bond acceptors (Lipinski definition) is 6. The van der Waals surface area contributed by atoms with Gasteiger partial charge in [-0.25, -0.2) is 4.68 Å². The number of nitrogen functional groups attached to an aromatic ring is 1. The van der Waals surface area contributed by atoms with Gasteiger partial charge in [-0.1, -0.05) is 12.1 Å². The molecule has 7 nitrogen and oxygen atoms in total. The highest BCUT2D eigenvalue weighted by atomic mass is 127. The summed E-state index contributed by atoms with van der Waals surface area (Å²) in [7, 11) is 0. The van der Waals surface area contributed by atoms with Crippen molar-refractivity contribution in [3.63, 3.8) is 0 Å². The van der Waals surface area contributed by atoms with Crippen LogP contribution in [0.2, 0.25) is 0 Å². The molecule has 0 aliphatic heterocycles. The molecule has 0 radical (unpaired) electrons. The smallest absolute Gasteiger partial charge is 0.328 e. The zero-order valence-electron chi connectivity index (χ0n) is 10.1. The van der Waals surface area contributed by atoms with Crippen LogP contribution in [0.3, 0.4) is 0 Å². The van der Waals surface area contributed by atoms with Crippen LogP contribution in [0.15, 0.2) is 42.7 Å². The van der Waals surface area contributed by atoms with Crippen LogP contribution in [0.25, 0.3) is 5.95 Å². The van der Waals surface area contributed by atoms with Gasteiger partial charge in [-0.05, 0) is 40.8 Å². The number of para-hydroxylation sites is 1. The number of nitrogens with zero attached hydrogens (tertiary/aromatic N) is 5. The van der Waals surface area contributed by atoms with E-state index in [1.807, 2.05) is 24.3 Å². The van der Waals surface area contributed by atoms with Crippen molar-refractivity contribution < 1.29 is 4.74 Å². The van der Waals surface area contributed by atoms with E-state index in [1.54, 1.807) is 18.5 Å². The second-order valence-electron chi connectivity index (χ2n) is 3.76. The molecule has 2 N–H and O–H groups in total. The molecule has 1 aromatic carbocycles. The molecule has 0 amide bonds. The van der Waals surface area contributed by atoms with Crippen LogP contribution in [-0.4, -0.2) is 24.7 Å². The van der Waals surface area contributed by atoms with Crippen LogP contribution in [-0.2, 0) is 0 Å². The van der Waals surface area contributed by atoms with Gasteiger partial charge in [-0.15, -0.1) is 0 Å². The third-order valence-electron chi connectivity index (χ3n) is 2.37. The molecule has 0 saturated carbocycles. The lowest BCUT2D eigenvalue weighted by Gasteiger charge is -2.07. The lowest BCUT2D eigenvalue weighted by atomic mass is 10.3. The molecule has 0 atom stereocenters. The van der Waals surface area contributed by atoms with Crippen molar-refractivity contribution in [2.75, 3.05) is 5.73 Å². The monoisotopic (exact) mass is 380 g/mol. The van der Waals surface area contributed by atoms with Gasteiger partial charge in [0.25, 0.3) is 5.95 Å². The first-order valence-electron chi connectivity index (χ1n) is 5.66. The Labute approximate surface area is 128 Å². The fraction of sp³-hybridized carbons (Fsp3) is 0.